The van der Waals surface area contributed by atoms with Gasteiger partial charge in [-0.3, -0.25) is 0 Å². The fraction of sp³-hybridized carbons (Fsp3) is 0.571. The van der Waals surface area contributed by atoms with E-state index in [0.29, 0.717) is 23.3 Å². The number of sulfonamides is 1. The van der Waals surface area contributed by atoms with E-state index in [0.717, 1.165) is 12.8 Å². The lowest BCUT2D eigenvalue weighted by Crippen LogP contribution is -2.37. The molecule has 2 rings (SSSR count). The topological polar surface area (TPSA) is 81.4 Å². The summed E-state index contributed by atoms with van der Waals surface area (Å²) in [6.07, 6.45) is 1.94. The lowest BCUT2D eigenvalue weighted by molar-refractivity contribution is 0.401. The van der Waals surface area contributed by atoms with Crippen LogP contribution < -0.4 is 15.2 Å². The largest absolute Gasteiger partial charge is 0.495 e. The van der Waals surface area contributed by atoms with Crippen molar-refractivity contribution < 1.29 is 13.2 Å². The molecule has 0 aromatic heterocycles. The Hall–Kier alpha value is -1.27. The van der Waals surface area contributed by atoms with E-state index in [4.69, 9.17) is 10.5 Å². The summed E-state index contributed by atoms with van der Waals surface area (Å²) in [6.45, 7) is 4.25. The maximum Gasteiger partial charge on any atom is 0.240 e. The van der Waals surface area contributed by atoms with Gasteiger partial charge in [-0.25, -0.2) is 13.1 Å². The highest BCUT2D eigenvalue weighted by atomic mass is 32.2. The predicted octanol–water partition coefficient (Wildman–Crippen LogP) is 1.99. The Bertz CT molecular complexity index is 586. The number of nitrogen functional groups attached to an aromatic ring is 1. The van der Waals surface area contributed by atoms with Gasteiger partial charge in [0.2, 0.25) is 10.0 Å². The van der Waals surface area contributed by atoms with E-state index in [-0.39, 0.29) is 10.9 Å². The van der Waals surface area contributed by atoms with Crippen LogP contribution in [-0.2, 0) is 10.0 Å². The number of rotatable bonds is 4. The van der Waals surface area contributed by atoms with E-state index in [1.807, 2.05) is 0 Å². The molecule has 0 heterocycles. The van der Waals surface area contributed by atoms with E-state index in [1.54, 1.807) is 6.07 Å². The van der Waals surface area contributed by atoms with Crippen LogP contribution in [-0.4, -0.2) is 21.6 Å². The molecule has 20 heavy (non-hydrogen) atoms. The highest BCUT2D eigenvalue weighted by Crippen LogP contribution is 2.32. The number of nitrogens with one attached hydrogen (secondary N) is 1. The number of nitrogens with two attached hydrogens (primary N) is 1. The average Bonchev–Trinajstić information content (AvgIpc) is 2.70. The number of ether oxygens (including phenoxy) is 1. The molecule has 3 N–H and O–H groups in total. The van der Waals surface area contributed by atoms with Gasteiger partial charge < -0.3 is 10.5 Å². The summed E-state index contributed by atoms with van der Waals surface area (Å²) in [6, 6.07) is 4.51. The number of benzene rings is 1. The number of anilines is 1. The molecule has 0 spiro atoms. The molecule has 1 fully saturated rings. The van der Waals surface area contributed by atoms with Gasteiger partial charge >= 0.3 is 0 Å². The van der Waals surface area contributed by atoms with Gasteiger partial charge in [-0.1, -0.05) is 13.8 Å². The van der Waals surface area contributed by atoms with Crippen LogP contribution in [0.3, 0.4) is 0 Å². The Morgan fingerprint density at radius 2 is 2.00 bits per heavy atom. The van der Waals surface area contributed by atoms with Crippen LogP contribution in [0.25, 0.3) is 0 Å². The second-order valence-corrected chi connectivity index (χ2v) is 7.26. The molecule has 1 saturated carbocycles. The minimum absolute atomic E-state index is 0.00134. The molecule has 1 aliphatic rings. The fourth-order valence-electron chi connectivity index (χ4n) is 2.66. The third-order valence-corrected chi connectivity index (χ3v) is 5.77. The Morgan fingerprint density at radius 3 is 2.55 bits per heavy atom. The van der Waals surface area contributed by atoms with Gasteiger partial charge in [0.05, 0.1) is 17.7 Å². The summed E-state index contributed by atoms with van der Waals surface area (Å²) in [5.74, 6) is 1.27. The van der Waals surface area contributed by atoms with Crippen LogP contribution in [0.4, 0.5) is 5.69 Å². The minimum Gasteiger partial charge on any atom is -0.495 e. The van der Waals surface area contributed by atoms with Crippen LogP contribution >= 0.6 is 0 Å². The summed E-state index contributed by atoms with van der Waals surface area (Å²) in [7, 11) is -2.07. The predicted molar refractivity (Wildman–Crippen MR) is 79.1 cm³/mol. The summed E-state index contributed by atoms with van der Waals surface area (Å²) < 4.78 is 32.7. The number of hydrogen-bond donors (Lipinski definition) is 2. The molecule has 3 unspecified atom stereocenters. The van der Waals surface area contributed by atoms with Gasteiger partial charge in [0, 0.05) is 12.1 Å². The highest BCUT2D eigenvalue weighted by Gasteiger charge is 2.33. The van der Waals surface area contributed by atoms with E-state index in [9.17, 15) is 8.42 Å². The Kier molecular flexibility index (Phi) is 4.25. The van der Waals surface area contributed by atoms with Crippen LogP contribution in [0, 0.1) is 11.8 Å². The van der Waals surface area contributed by atoms with Gasteiger partial charge in [0.1, 0.15) is 5.75 Å². The molecular formula is C14H22N2O3S. The molecule has 0 aliphatic heterocycles. The van der Waals surface area contributed by atoms with Crippen LogP contribution in [0.5, 0.6) is 5.75 Å². The van der Waals surface area contributed by atoms with Crippen molar-refractivity contribution in [3.05, 3.63) is 18.2 Å². The van der Waals surface area contributed by atoms with Crippen molar-refractivity contribution in [2.24, 2.45) is 11.8 Å². The third-order valence-electron chi connectivity index (χ3n) is 4.29. The van der Waals surface area contributed by atoms with Crippen LogP contribution in [0.2, 0.25) is 0 Å². The van der Waals surface area contributed by atoms with E-state index in [2.05, 4.69) is 18.6 Å². The Labute approximate surface area is 120 Å². The summed E-state index contributed by atoms with van der Waals surface area (Å²) in [5.41, 5.74) is 6.13. The van der Waals surface area contributed by atoms with E-state index < -0.39 is 10.0 Å². The standard InChI is InChI=1S/C14H22N2O3S/c1-9-4-7-13(10(9)2)16-20(17,18)11-5-6-12(15)14(8-11)19-3/h5-6,8-10,13,16H,4,7,15H2,1-3H3. The van der Waals surface area contributed by atoms with Crippen molar-refractivity contribution in [1.82, 2.24) is 4.72 Å². The first-order valence-corrected chi connectivity index (χ1v) is 8.29. The number of hydrogen-bond acceptors (Lipinski definition) is 4. The zero-order valence-corrected chi connectivity index (χ0v) is 12.9. The molecule has 1 aliphatic carbocycles. The molecule has 5 nitrogen and oxygen atoms in total. The first kappa shape index (κ1) is 15.1. The summed E-state index contributed by atoms with van der Waals surface area (Å²) in [4.78, 5) is 0.190. The zero-order chi connectivity index (χ0) is 14.9. The van der Waals surface area contributed by atoms with E-state index >= 15 is 0 Å². The molecule has 0 radical (unpaired) electrons. The summed E-state index contributed by atoms with van der Waals surface area (Å²) >= 11 is 0. The second kappa shape index (κ2) is 5.61. The molecule has 0 saturated heterocycles. The van der Waals surface area contributed by atoms with E-state index in [1.165, 1.54) is 19.2 Å². The van der Waals surface area contributed by atoms with Gasteiger partial charge in [-0.2, -0.15) is 0 Å². The van der Waals surface area contributed by atoms with Crippen molar-refractivity contribution in [2.75, 3.05) is 12.8 Å². The quantitative estimate of drug-likeness (QED) is 0.833. The molecule has 0 amide bonds. The van der Waals surface area contributed by atoms with Crippen molar-refractivity contribution in [1.29, 1.82) is 0 Å². The van der Waals surface area contributed by atoms with Gasteiger partial charge in [-0.05, 0) is 36.8 Å². The molecule has 1 aromatic carbocycles. The van der Waals surface area contributed by atoms with Crippen LogP contribution in [0.15, 0.2) is 23.1 Å². The molecule has 112 valence electrons. The zero-order valence-electron chi connectivity index (χ0n) is 12.1. The van der Waals surface area contributed by atoms with Gasteiger partial charge in [-0.15, -0.1) is 0 Å². The first-order chi connectivity index (χ1) is 9.35. The molecule has 0 bridgehead atoms. The smallest absolute Gasteiger partial charge is 0.240 e. The lowest BCUT2D eigenvalue weighted by atomic mass is 9.98. The molecular weight excluding hydrogens is 276 g/mol. The normalized spacial score (nSPS) is 26.6. The lowest BCUT2D eigenvalue weighted by Gasteiger charge is -2.20. The van der Waals surface area contributed by atoms with Crippen molar-refractivity contribution in [3.63, 3.8) is 0 Å². The van der Waals surface area contributed by atoms with Crippen molar-refractivity contribution in [3.8, 4) is 5.75 Å². The van der Waals surface area contributed by atoms with Crippen molar-refractivity contribution in [2.45, 2.75) is 37.6 Å². The van der Waals surface area contributed by atoms with Crippen molar-refractivity contribution >= 4 is 15.7 Å². The SMILES string of the molecule is COc1cc(S(=O)(=O)NC2CCC(C)C2C)ccc1N. The maximum absolute atomic E-state index is 12.4. The van der Waals surface area contributed by atoms with Gasteiger partial charge in [0.15, 0.2) is 0 Å². The van der Waals surface area contributed by atoms with Gasteiger partial charge in [0.25, 0.3) is 0 Å². The maximum atomic E-state index is 12.4. The van der Waals surface area contributed by atoms with Crippen LogP contribution in [0.1, 0.15) is 26.7 Å². The molecule has 6 heteroatoms. The summed E-state index contributed by atoms with van der Waals surface area (Å²) in [5, 5.41) is 0. The second-order valence-electron chi connectivity index (χ2n) is 5.55. The molecule has 1 aromatic rings. The number of methoxy groups -OCH3 is 1. The highest BCUT2D eigenvalue weighted by molar-refractivity contribution is 7.89. The Balaban J connectivity index is 2.22. The molecule has 3 atom stereocenters. The third kappa shape index (κ3) is 2.91. The fourth-order valence-corrected chi connectivity index (χ4v) is 4.03. The minimum atomic E-state index is -3.53. The monoisotopic (exact) mass is 298 g/mol. The first-order valence-electron chi connectivity index (χ1n) is 6.81. The average molecular weight is 298 g/mol. The Morgan fingerprint density at radius 1 is 1.30 bits per heavy atom.